The Kier molecular flexibility index (Phi) is 4.49. The zero-order chi connectivity index (χ0) is 15.4. The highest BCUT2D eigenvalue weighted by molar-refractivity contribution is 5.45. The molecule has 0 amide bonds. The van der Waals surface area contributed by atoms with E-state index in [-0.39, 0.29) is 11.7 Å². The van der Waals surface area contributed by atoms with E-state index in [0.29, 0.717) is 17.1 Å². The zero-order valence-electron chi connectivity index (χ0n) is 12.2. The number of benzene rings is 1. The van der Waals surface area contributed by atoms with Gasteiger partial charge >= 0.3 is 0 Å². The number of aromatic nitrogens is 1. The molecule has 1 aromatic carbocycles. The van der Waals surface area contributed by atoms with Crippen LogP contribution in [0, 0.1) is 17.0 Å². The van der Waals surface area contributed by atoms with Crippen LogP contribution in [0.5, 0.6) is 11.5 Å². The zero-order valence-corrected chi connectivity index (χ0v) is 12.2. The van der Waals surface area contributed by atoms with E-state index in [1.807, 2.05) is 26.1 Å². The van der Waals surface area contributed by atoms with Crippen molar-refractivity contribution in [3.8, 4) is 11.5 Å². The molecular formula is C15H17N3O3. The van der Waals surface area contributed by atoms with Gasteiger partial charge in [0.05, 0.1) is 16.8 Å². The topological polar surface area (TPSA) is 77.3 Å². The third kappa shape index (κ3) is 3.55. The maximum absolute atomic E-state index is 10.8. The van der Waals surface area contributed by atoms with Crippen molar-refractivity contribution in [3.63, 3.8) is 0 Å². The highest BCUT2D eigenvalue weighted by Gasteiger charge is 2.11. The minimum absolute atomic E-state index is 0.0821. The van der Waals surface area contributed by atoms with Gasteiger partial charge < -0.3 is 10.1 Å². The molecule has 1 unspecified atom stereocenters. The van der Waals surface area contributed by atoms with Crippen LogP contribution in [0.1, 0.15) is 24.2 Å². The van der Waals surface area contributed by atoms with Crippen LogP contribution in [-0.2, 0) is 0 Å². The first-order chi connectivity index (χ1) is 10.0. The van der Waals surface area contributed by atoms with Gasteiger partial charge in [-0.2, -0.15) is 0 Å². The molecule has 1 heterocycles. The molecule has 2 aromatic rings. The maximum Gasteiger partial charge on any atom is 0.272 e. The standard InChI is InChI=1S/C15H17N3O3/c1-10-8-12(5-7-15(10)18(19)20)21-13-4-6-14(17-9-13)11(2)16-3/h4-9,11,16H,1-3H3. The molecule has 0 spiro atoms. The molecule has 0 aliphatic heterocycles. The predicted molar refractivity (Wildman–Crippen MR) is 79.6 cm³/mol. The summed E-state index contributed by atoms with van der Waals surface area (Å²) in [6.45, 7) is 3.70. The Hall–Kier alpha value is -2.47. The largest absolute Gasteiger partial charge is 0.456 e. The van der Waals surface area contributed by atoms with Crippen LogP contribution in [0.3, 0.4) is 0 Å². The summed E-state index contributed by atoms with van der Waals surface area (Å²) in [6.07, 6.45) is 1.64. The SMILES string of the molecule is CNC(C)c1ccc(Oc2ccc([N+](=O)[O-])c(C)c2)cn1. The number of nitrogens with one attached hydrogen (secondary N) is 1. The van der Waals surface area contributed by atoms with Gasteiger partial charge in [0.2, 0.25) is 0 Å². The molecule has 1 atom stereocenters. The van der Waals surface area contributed by atoms with Crippen LogP contribution in [0.2, 0.25) is 0 Å². The van der Waals surface area contributed by atoms with E-state index in [9.17, 15) is 10.1 Å². The highest BCUT2D eigenvalue weighted by atomic mass is 16.6. The van der Waals surface area contributed by atoms with E-state index >= 15 is 0 Å². The van der Waals surface area contributed by atoms with E-state index in [2.05, 4.69) is 10.3 Å². The monoisotopic (exact) mass is 287 g/mol. The summed E-state index contributed by atoms with van der Waals surface area (Å²) >= 11 is 0. The van der Waals surface area contributed by atoms with Gasteiger partial charge in [-0.3, -0.25) is 15.1 Å². The minimum atomic E-state index is -0.408. The first kappa shape index (κ1) is 14.9. The Morgan fingerprint density at radius 1 is 1.29 bits per heavy atom. The summed E-state index contributed by atoms with van der Waals surface area (Å²) < 4.78 is 5.66. The van der Waals surface area contributed by atoms with Gasteiger partial charge in [0.15, 0.2) is 0 Å². The van der Waals surface area contributed by atoms with E-state index in [1.54, 1.807) is 25.3 Å². The van der Waals surface area contributed by atoms with Gasteiger partial charge in [-0.25, -0.2) is 0 Å². The lowest BCUT2D eigenvalue weighted by Gasteiger charge is -2.10. The molecule has 0 radical (unpaired) electrons. The Bertz CT molecular complexity index is 641. The minimum Gasteiger partial charge on any atom is -0.456 e. The second-order valence-electron chi connectivity index (χ2n) is 4.74. The Morgan fingerprint density at radius 3 is 2.52 bits per heavy atom. The first-order valence-electron chi connectivity index (χ1n) is 6.57. The number of hydrogen-bond donors (Lipinski definition) is 1. The predicted octanol–water partition coefficient (Wildman–Crippen LogP) is 3.37. The summed E-state index contributed by atoms with van der Waals surface area (Å²) in [6, 6.07) is 8.54. The quantitative estimate of drug-likeness (QED) is 0.674. The number of ether oxygens (including phenoxy) is 1. The van der Waals surface area contributed by atoms with Crippen molar-refractivity contribution in [2.24, 2.45) is 0 Å². The molecule has 110 valence electrons. The third-order valence-corrected chi connectivity index (χ3v) is 3.24. The summed E-state index contributed by atoms with van der Waals surface area (Å²) in [5, 5.41) is 13.9. The lowest BCUT2D eigenvalue weighted by Crippen LogP contribution is -2.13. The van der Waals surface area contributed by atoms with Crippen molar-refractivity contribution >= 4 is 5.69 Å². The number of pyridine rings is 1. The highest BCUT2D eigenvalue weighted by Crippen LogP contribution is 2.27. The lowest BCUT2D eigenvalue weighted by atomic mass is 10.2. The molecule has 0 aliphatic carbocycles. The summed E-state index contributed by atoms with van der Waals surface area (Å²) in [5.74, 6) is 1.14. The fourth-order valence-corrected chi connectivity index (χ4v) is 1.89. The summed E-state index contributed by atoms with van der Waals surface area (Å²) in [7, 11) is 1.87. The molecule has 6 heteroatoms. The second-order valence-corrected chi connectivity index (χ2v) is 4.74. The number of nitro benzene ring substituents is 1. The second kappa shape index (κ2) is 6.32. The molecule has 21 heavy (non-hydrogen) atoms. The van der Waals surface area contributed by atoms with Crippen molar-refractivity contribution < 1.29 is 9.66 Å². The van der Waals surface area contributed by atoms with Crippen molar-refractivity contribution in [2.45, 2.75) is 19.9 Å². The molecule has 1 aromatic heterocycles. The third-order valence-electron chi connectivity index (χ3n) is 3.24. The van der Waals surface area contributed by atoms with Gasteiger partial charge in [-0.1, -0.05) is 0 Å². The molecule has 0 aliphatic rings. The number of aryl methyl sites for hydroxylation is 1. The number of nitro groups is 1. The van der Waals surface area contributed by atoms with E-state index < -0.39 is 4.92 Å². The van der Waals surface area contributed by atoms with Crippen LogP contribution in [0.25, 0.3) is 0 Å². The normalized spacial score (nSPS) is 12.0. The lowest BCUT2D eigenvalue weighted by molar-refractivity contribution is -0.385. The number of hydrogen-bond acceptors (Lipinski definition) is 5. The Balaban J connectivity index is 2.15. The van der Waals surface area contributed by atoms with Crippen molar-refractivity contribution in [2.75, 3.05) is 7.05 Å². The van der Waals surface area contributed by atoms with E-state index in [1.165, 1.54) is 6.07 Å². The molecule has 1 N–H and O–H groups in total. The van der Waals surface area contributed by atoms with Gasteiger partial charge in [0.1, 0.15) is 11.5 Å². The van der Waals surface area contributed by atoms with Crippen molar-refractivity contribution in [3.05, 3.63) is 57.9 Å². The summed E-state index contributed by atoms with van der Waals surface area (Å²) in [4.78, 5) is 14.7. The maximum atomic E-state index is 10.8. The Morgan fingerprint density at radius 2 is 2.00 bits per heavy atom. The van der Waals surface area contributed by atoms with Gasteiger partial charge in [-0.15, -0.1) is 0 Å². The van der Waals surface area contributed by atoms with Crippen LogP contribution < -0.4 is 10.1 Å². The molecular weight excluding hydrogens is 270 g/mol. The van der Waals surface area contributed by atoms with Crippen LogP contribution in [0.15, 0.2) is 36.5 Å². The van der Waals surface area contributed by atoms with Crippen molar-refractivity contribution in [1.29, 1.82) is 0 Å². The fraction of sp³-hybridized carbons (Fsp3) is 0.267. The average Bonchev–Trinajstić information content (AvgIpc) is 2.47. The fourth-order valence-electron chi connectivity index (χ4n) is 1.89. The average molecular weight is 287 g/mol. The van der Waals surface area contributed by atoms with Gasteiger partial charge in [-0.05, 0) is 45.2 Å². The van der Waals surface area contributed by atoms with E-state index in [4.69, 9.17) is 4.74 Å². The summed E-state index contributed by atoms with van der Waals surface area (Å²) in [5.41, 5.74) is 1.56. The number of nitrogens with zero attached hydrogens (tertiary/aromatic N) is 2. The molecule has 6 nitrogen and oxygen atoms in total. The molecule has 0 saturated heterocycles. The number of rotatable bonds is 5. The van der Waals surface area contributed by atoms with Gasteiger partial charge in [0, 0.05) is 17.7 Å². The molecule has 0 saturated carbocycles. The first-order valence-corrected chi connectivity index (χ1v) is 6.57. The molecule has 0 bridgehead atoms. The van der Waals surface area contributed by atoms with E-state index in [0.717, 1.165) is 5.69 Å². The van der Waals surface area contributed by atoms with Crippen LogP contribution in [0.4, 0.5) is 5.69 Å². The Labute approximate surface area is 122 Å². The van der Waals surface area contributed by atoms with Crippen molar-refractivity contribution in [1.82, 2.24) is 10.3 Å². The van der Waals surface area contributed by atoms with Crippen LogP contribution in [-0.4, -0.2) is 17.0 Å². The molecule has 0 fully saturated rings. The van der Waals surface area contributed by atoms with Crippen LogP contribution >= 0.6 is 0 Å². The smallest absolute Gasteiger partial charge is 0.272 e. The molecule has 2 rings (SSSR count). The van der Waals surface area contributed by atoms with Gasteiger partial charge in [0.25, 0.3) is 5.69 Å².